The Morgan fingerprint density at radius 1 is 1.02 bits per heavy atom. The highest BCUT2D eigenvalue weighted by Crippen LogP contribution is 2.38. The highest BCUT2D eigenvalue weighted by molar-refractivity contribution is 6.99. The molecule has 0 spiro atoms. The largest absolute Gasteiger partial charge is 0.507 e. The molecule has 2 heterocycles. The van der Waals surface area contributed by atoms with Crippen molar-refractivity contribution in [3.63, 3.8) is 0 Å². The normalized spacial score (nSPS) is 16.1. The fourth-order valence-corrected chi connectivity index (χ4v) is 11.0. The van der Waals surface area contributed by atoms with Crippen molar-refractivity contribution in [3.8, 4) is 11.5 Å². The van der Waals surface area contributed by atoms with E-state index in [2.05, 4.69) is 81.2 Å². The van der Waals surface area contributed by atoms with Crippen molar-refractivity contribution in [2.75, 3.05) is 26.4 Å². The molecule has 240 valence electrons. The van der Waals surface area contributed by atoms with Gasteiger partial charge in [0, 0.05) is 25.3 Å². The summed E-state index contributed by atoms with van der Waals surface area (Å²) in [5, 5.41) is 12.2. The SMILES string of the molecule is C[C@@H](Cc1ncccc1C(=O)N1CCOC[C@H]1COc1cccc(O)c1C=O)O[Si](c1ccccc1)(c1ccccc1)C(C)(C)C. The summed E-state index contributed by atoms with van der Waals surface area (Å²) in [6, 6.07) is 28.8. The van der Waals surface area contributed by atoms with Gasteiger partial charge in [-0.2, -0.15) is 0 Å². The molecule has 2 atom stereocenters. The Balaban J connectivity index is 1.40. The van der Waals surface area contributed by atoms with Gasteiger partial charge in [0.25, 0.3) is 14.2 Å². The summed E-state index contributed by atoms with van der Waals surface area (Å²) in [5.74, 6) is -0.0664. The van der Waals surface area contributed by atoms with Crippen LogP contribution in [-0.2, 0) is 15.6 Å². The Bertz CT molecular complexity index is 1590. The van der Waals surface area contributed by atoms with Crippen LogP contribution in [0.15, 0.2) is 97.2 Å². The third-order valence-electron chi connectivity index (χ3n) is 8.48. The first-order valence-corrected chi connectivity index (χ1v) is 17.6. The fourth-order valence-electron chi connectivity index (χ4n) is 6.28. The molecule has 0 aliphatic carbocycles. The maximum atomic E-state index is 14.1. The summed E-state index contributed by atoms with van der Waals surface area (Å²) >= 11 is 0. The highest BCUT2D eigenvalue weighted by atomic mass is 28.4. The van der Waals surface area contributed by atoms with Crippen LogP contribution in [0.4, 0.5) is 0 Å². The van der Waals surface area contributed by atoms with E-state index >= 15 is 0 Å². The minimum absolute atomic E-state index is 0.0709. The molecule has 1 fully saturated rings. The van der Waals surface area contributed by atoms with Crippen LogP contribution in [-0.4, -0.2) is 74.0 Å². The summed E-state index contributed by atoms with van der Waals surface area (Å²) in [4.78, 5) is 32.1. The van der Waals surface area contributed by atoms with E-state index in [-0.39, 0.29) is 47.3 Å². The van der Waals surface area contributed by atoms with Gasteiger partial charge in [-0.1, -0.05) is 87.5 Å². The molecule has 1 amide bonds. The van der Waals surface area contributed by atoms with Crippen LogP contribution < -0.4 is 15.1 Å². The molecule has 0 radical (unpaired) electrons. The summed E-state index contributed by atoms with van der Waals surface area (Å²) in [6.07, 6.45) is 2.47. The van der Waals surface area contributed by atoms with Crippen molar-refractivity contribution >= 4 is 30.9 Å². The maximum absolute atomic E-state index is 14.1. The molecule has 1 aliphatic heterocycles. The predicted octanol–water partition coefficient (Wildman–Crippen LogP) is 5.03. The van der Waals surface area contributed by atoms with E-state index in [1.165, 1.54) is 16.4 Å². The molecule has 0 saturated carbocycles. The smallest absolute Gasteiger partial charge is 0.261 e. The van der Waals surface area contributed by atoms with E-state index in [4.69, 9.17) is 13.9 Å². The van der Waals surface area contributed by atoms with Gasteiger partial charge in [-0.05, 0) is 46.6 Å². The zero-order valence-electron chi connectivity index (χ0n) is 26.9. The molecular weight excluding hydrogens is 597 g/mol. The standard InChI is InChI=1S/C37H42N2O6Si/c1-27(45-46(37(2,3)4,29-13-7-5-8-14-29)30-15-9-6-10-16-30)23-33-31(17-12-20-38-33)36(42)39-21-22-43-25-28(39)26-44-35-19-11-18-34(41)32(35)24-40/h5-20,24,27-28,41H,21-23,25-26H2,1-4H3/t27-,28-/m0/s1. The number of rotatable bonds is 11. The van der Waals surface area contributed by atoms with Crippen LogP contribution >= 0.6 is 0 Å². The zero-order chi connectivity index (χ0) is 32.7. The Labute approximate surface area is 272 Å². The topological polar surface area (TPSA) is 98.2 Å². The van der Waals surface area contributed by atoms with Crippen molar-refractivity contribution in [1.82, 2.24) is 9.88 Å². The molecular formula is C37H42N2O6Si. The number of carbonyl (C=O) groups excluding carboxylic acids is 2. The number of carbonyl (C=O) groups is 2. The quantitative estimate of drug-likeness (QED) is 0.182. The first-order chi connectivity index (χ1) is 22.2. The summed E-state index contributed by atoms with van der Waals surface area (Å²) in [6.45, 7) is 9.97. The van der Waals surface area contributed by atoms with E-state index in [9.17, 15) is 14.7 Å². The molecule has 1 aliphatic rings. The lowest BCUT2D eigenvalue weighted by Gasteiger charge is -2.44. The van der Waals surface area contributed by atoms with Gasteiger partial charge in [0.15, 0.2) is 6.29 Å². The van der Waals surface area contributed by atoms with Crippen LogP contribution in [0.1, 0.15) is 54.1 Å². The number of amides is 1. The first kappa shape index (κ1) is 33.1. The van der Waals surface area contributed by atoms with Crippen LogP contribution in [0, 0.1) is 0 Å². The molecule has 1 aromatic heterocycles. The number of aldehydes is 1. The third-order valence-corrected chi connectivity index (χ3v) is 13.6. The lowest BCUT2D eigenvalue weighted by molar-refractivity contribution is -0.0152. The van der Waals surface area contributed by atoms with Gasteiger partial charge < -0.3 is 23.9 Å². The number of phenolic OH excluding ortho intramolecular Hbond substituents is 1. The van der Waals surface area contributed by atoms with Gasteiger partial charge in [-0.15, -0.1) is 0 Å². The molecule has 8 nitrogen and oxygen atoms in total. The van der Waals surface area contributed by atoms with Gasteiger partial charge in [0.2, 0.25) is 0 Å². The minimum Gasteiger partial charge on any atom is -0.507 e. The van der Waals surface area contributed by atoms with Crippen molar-refractivity contribution in [1.29, 1.82) is 0 Å². The second-order valence-electron chi connectivity index (χ2n) is 12.6. The van der Waals surface area contributed by atoms with Crippen LogP contribution in [0.25, 0.3) is 0 Å². The average molecular weight is 639 g/mol. The fraction of sp³-hybridized carbons (Fsp3) is 0.324. The monoisotopic (exact) mass is 638 g/mol. The lowest BCUT2D eigenvalue weighted by Crippen LogP contribution is -2.67. The summed E-state index contributed by atoms with van der Waals surface area (Å²) in [7, 11) is -2.81. The highest BCUT2D eigenvalue weighted by Gasteiger charge is 2.51. The number of phenols is 1. The third kappa shape index (κ3) is 6.91. The number of benzene rings is 3. The Morgan fingerprint density at radius 3 is 2.33 bits per heavy atom. The maximum Gasteiger partial charge on any atom is 0.261 e. The minimum atomic E-state index is -2.81. The number of hydrogen-bond donors (Lipinski definition) is 1. The van der Waals surface area contributed by atoms with Crippen LogP contribution in [0.2, 0.25) is 5.04 Å². The average Bonchev–Trinajstić information content (AvgIpc) is 3.06. The van der Waals surface area contributed by atoms with Crippen LogP contribution in [0.3, 0.4) is 0 Å². The number of hydrogen-bond acceptors (Lipinski definition) is 7. The van der Waals surface area contributed by atoms with Crippen molar-refractivity contribution in [2.45, 2.75) is 51.3 Å². The van der Waals surface area contributed by atoms with E-state index in [0.29, 0.717) is 37.1 Å². The van der Waals surface area contributed by atoms with Gasteiger partial charge in [-0.3, -0.25) is 14.6 Å². The molecule has 46 heavy (non-hydrogen) atoms. The Morgan fingerprint density at radius 2 is 1.70 bits per heavy atom. The molecule has 9 heteroatoms. The molecule has 5 rings (SSSR count). The Kier molecular flexibility index (Phi) is 10.4. The molecule has 1 N–H and O–H groups in total. The summed E-state index contributed by atoms with van der Waals surface area (Å²) in [5.41, 5.74) is 1.25. The van der Waals surface area contributed by atoms with Crippen LogP contribution in [0.5, 0.6) is 11.5 Å². The second-order valence-corrected chi connectivity index (χ2v) is 16.9. The molecule has 0 unspecified atom stereocenters. The molecule has 4 aromatic rings. The van der Waals surface area contributed by atoms with E-state index in [0.717, 1.165) is 0 Å². The van der Waals surface area contributed by atoms with E-state index < -0.39 is 14.4 Å². The van der Waals surface area contributed by atoms with Crippen molar-refractivity contribution in [2.24, 2.45) is 0 Å². The first-order valence-electron chi connectivity index (χ1n) is 15.7. The molecule has 0 bridgehead atoms. The zero-order valence-corrected chi connectivity index (χ0v) is 27.9. The van der Waals surface area contributed by atoms with Gasteiger partial charge >= 0.3 is 0 Å². The van der Waals surface area contributed by atoms with Gasteiger partial charge in [0.05, 0.1) is 36.1 Å². The van der Waals surface area contributed by atoms with Crippen molar-refractivity contribution in [3.05, 3.63) is 114 Å². The number of ether oxygens (including phenoxy) is 2. The molecule has 1 saturated heterocycles. The van der Waals surface area contributed by atoms with Crippen molar-refractivity contribution < 1.29 is 28.6 Å². The van der Waals surface area contributed by atoms with Gasteiger partial charge in [-0.25, -0.2) is 0 Å². The molecule has 3 aromatic carbocycles. The van der Waals surface area contributed by atoms with E-state index in [1.54, 1.807) is 29.3 Å². The van der Waals surface area contributed by atoms with E-state index in [1.807, 2.05) is 18.2 Å². The summed E-state index contributed by atoms with van der Waals surface area (Å²) < 4.78 is 18.9. The second kappa shape index (κ2) is 14.4. The number of pyridine rings is 1. The number of nitrogens with zero attached hydrogens (tertiary/aromatic N) is 2. The number of morpholine rings is 1. The Hall–Kier alpha value is -4.31. The predicted molar refractivity (Wildman–Crippen MR) is 181 cm³/mol. The van der Waals surface area contributed by atoms with Gasteiger partial charge in [0.1, 0.15) is 18.1 Å². The number of aromatic nitrogens is 1. The lowest BCUT2D eigenvalue weighted by atomic mass is 10.1. The number of aromatic hydroxyl groups is 1.